The van der Waals surface area contributed by atoms with Crippen molar-refractivity contribution in [2.24, 2.45) is 11.8 Å². The lowest BCUT2D eigenvalue weighted by Crippen LogP contribution is -2.12. The number of rotatable bonds is 11. The van der Waals surface area contributed by atoms with Crippen molar-refractivity contribution in [3.8, 4) is 0 Å². The summed E-state index contributed by atoms with van der Waals surface area (Å²) < 4.78 is 5.37. The molecule has 0 fully saturated rings. The summed E-state index contributed by atoms with van der Waals surface area (Å²) in [6.07, 6.45) is 10.4. The van der Waals surface area contributed by atoms with E-state index in [2.05, 4.69) is 53.7 Å². The third-order valence-electron chi connectivity index (χ3n) is 3.81. The molecule has 128 valence electrons. The van der Waals surface area contributed by atoms with E-state index in [4.69, 9.17) is 4.74 Å². The Kier molecular flexibility index (Phi) is 11.9. The molecule has 0 radical (unpaired) electrons. The Morgan fingerprint density at radius 1 is 0.864 bits per heavy atom. The van der Waals surface area contributed by atoms with E-state index in [9.17, 15) is 4.79 Å². The van der Waals surface area contributed by atoms with Crippen LogP contribution in [0.1, 0.15) is 80.1 Å². The molecule has 0 N–H and O–H groups in total. The van der Waals surface area contributed by atoms with Gasteiger partial charge in [-0.1, -0.05) is 37.1 Å². The highest BCUT2D eigenvalue weighted by Gasteiger charge is 2.10. The number of ether oxygens (including phenoxy) is 1. The second-order valence-corrected chi connectivity index (χ2v) is 7.14. The summed E-state index contributed by atoms with van der Waals surface area (Å²) in [4.78, 5) is 11.8. The Labute approximate surface area is 138 Å². The van der Waals surface area contributed by atoms with Gasteiger partial charge in [0.15, 0.2) is 0 Å². The van der Waals surface area contributed by atoms with Crippen LogP contribution in [0.15, 0.2) is 23.3 Å². The van der Waals surface area contributed by atoms with Gasteiger partial charge in [-0.3, -0.25) is 4.79 Å². The summed E-state index contributed by atoms with van der Waals surface area (Å²) in [5, 5.41) is 0. The molecule has 0 bridgehead atoms. The summed E-state index contributed by atoms with van der Waals surface area (Å²) in [7, 11) is 0. The summed E-state index contributed by atoms with van der Waals surface area (Å²) >= 11 is 0. The first-order valence-corrected chi connectivity index (χ1v) is 8.73. The van der Waals surface area contributed by atoms with Gasteiger partial charge < -0.3 is 4.74 Å². The predicted octanol–water partition coefficient (Wildman–Crippen LogP) is 6.07. The SMILES string of the molecule is CC(C)=CCC[C@H](C)CCOC(=O)C[C@H](C)CCC=C(C)C. The number of hydrogen-bond donors (Lipinski definition) is 0. The van der Waals surface area contributed by atoms with E-state index in [1.165, 1.54) is 17.6 Å². The Balaban J connectivity index is 3.72. The molecule has 2 heteroatoms. The Morgan fingerprint density at radius 2 is 1.36 bits per heavy atom. The number of hydrogen-bond acceptors (Lipinski definition) is 2. The largest absolute Gasteiger partial charge is 0.466 e. The van der Waals surface area contributed by atoms with Crippen LogP contribution >= 0.6 is 0 Å². The van der Waals surface area contributed by atoms with Crippen molar-refractivity contribution in [3.63, 3.8) is 0 Å². The van der Waals surface area contributed by atoms with Crippen molar-refractivity contribution in [1.29, 1.82) is 0 Å². The van der Waals surface area contributed by atoms with Crippen molar-refractivity contribution in [3.05, 3.63) is 23.3 Å². The van der Waals surface area contributed by atoms with Crippen molar-refractivity contribution in [2.45, 2.75) is 80.1 Å². The van der Waals surface area contributed by atoms with Gasteiger partial charge >= 0.3 is 5.97 Å². The standard InChI is InChI=1S/C20H36O2/c1-16(2)9-7-11-18(5)13-14-22-20(21)15-19(6)12-8-10-17(3)4/h9-10,18-19H,7-8,11-15H2,1-6H3/t18-,19+/m0/s1. The van der Waals surface area contributed by atoms with Gasteiger partial charge in [0.25, 0.3) is 0 Å². The van der Waals surface area contributed by atoms with E-state index >= 15 is 0 Å². The van der Waals surface area contributed by atoms with Gasteiger partial charge in [-0.15, -0.1) is 0 Å². The molecular formula is C20H36O2. The fraction of sp³-hybridized carbons (Fsp3) is 0.750. The van der Waals surface area contributed by atoms with Gasteiger partial charge in [0.05, 0.1) is 6.61 Å². The summed E-state index contributed by atoms with van der Waals surface area (Å²) in [5.74, 6) is 0.970. The van der Waals surface area contributed by atoms with Crippen molar-refractivity contribution in [1.82, 2.24) is 0 Å². The zero-order chi connectivity index (χ0) is 17.0. The molecule has 0 amide bonds. The number of carbonyl (C=O) groups is 1. The van der Waals surface area contributed by atoms with Crippen molar-refractivity contribution < 1.29 is 9.53 Å². The maximum absolute atomic E-state index is 11.8. The van der Waals surface area contributed by atoms with Gasteiger partial charge in [-0.2, -0.15) is 0 Å². The van der Waals surface area contributed by atoms with Gasteiger partial charge in [0.1, 0.15) is 0 Å². The molecule has 0 aromatic heterocycles. The van der Waals surface area contributed by atoms with Crippen LogP contribution in [0.2, 0.25) is 0 Å². The highest BCUT2D eigenvalue weighted by atomic mass is 16.5. The van der Waals surface area contributed by atoms with E-state index < -0.39 is 0 Å². The smallest absolute Gasteiger partial charge is 0.306 e. The molecule has 0 aliphatic rings. The molecule has 0 rings (SSSR count). The van der Waals surface area contributed by atoms with Gasteiger partial charge in [-0.25, -0.2) is 0 Å². The normalized spacial score (nSPS) is 13.2. The minimum absolute atomic E-state index is 0.0406. The van der Waals surface area contributed by atoms with Crippen LogP contribution in [-0.2, 0) is 9.53 Å². The molecule has 0 unspecified atom stereocenters. The zero-order valence-electron chi connectivity index (χ0n) is 15.6. The molecule has 0 saturated carbocycles. The topological polar surface area (TPSA) is 26.3 Å². The monoisotopic (exact) mass is 308 g/mol. The van der Waals surface area contributed by atoms with E-state index in [1.807, 2.05) is 0 Å². The Morgan fingerprint density at radius 3 is 1.86 bits per heavy atom. The lowest BCUT2D eigenvalue weighted by atomic mass is 10.0. The molecule has 0 aliphatic heterocycles. The summed E-state index contributed by atoms with van der Waals surface area (Å²) in [6, 6.07) is 0. The first-order valence-electron chi connectivity index (χ1n) is 8.73. The van der Waals surface area contributed by atoms with Crippen molar-refractivity contribution >= 4 is 5.97 Å². The minimum Gasteiger partial charge on any atom is -0.466 e. The molecule has 0 saturated heterocycles. The Bertz CT molecular complexity index is 358. The van der Waals surface area contributed by atoms with E-state index in [0.717, 1.165) is 25.7 Å². The summed E-state index contributed by atoms with van der Waals surface area (Å²) in [6.45, 7) is 13.4. The van der Waals surface area contributed by atoms with Crippen LogP contribution in [-0.4, -0.2) is 12.6 Å². The molecule has 2 atom stereocenters. The van der Waals surface area contributed by atoms with E-state index in [0.29, 0.717) is 24.9 Å². The highest BCUT2D eigenvalue weighted by molar-refractivity contribution is 5.69. The van der Waals surface area contributed by atoms with Crippen LogP contribution in [0, 0.1) is 11.8 Å². The lowest BCUT2D eigenvalue weighted by Gasteiger charge is -2.12. The van der Waals surface area contributed by atoms with Crippen molar-refractivity contribution in [2.75, 3.05) is 6.61 Å². The maximum atomic E-state index is 11.8. The first-order chi connectivity index (χ1) is 10.3. The van der Waals surface area contributed by atoms with Crippen LogP contribution in [0.3, 0.4) is 0 Å². The molecule has 2 nitrogen and oxygen atoms in total. The first kappa shape index (κ1) is 20.9. The van der Waals surface area contributed by atoms with Crippen LogP contribution in [0.4, 0.5) is 0 Å². The molecule has 22 heavy (non-hydrogen) atoms. The fourth-order valence-electron chi connectivity index (χ4n) is 2.28. The van der Waals surface area contributed by atoms with Gasteiger partial charge in [0.2, 0.25) is 0 Å². The number of allylic oxidation sites excluding steroid dienone is 4. The number of esters is 1. The average Bonchev–Trinajstić information content (AvgIpc) is 2.37. The molecule has 0 spiro atoms. The lowest BCUT2D eigenvalue weighted by molar-refractivity contribution is -0.145. The fourth-order valence-corrected chi connectivity index (χ4v) is 2.28. The molecule has 0 heterocycles. The highest BCUT2D eigenvalue weighted by Crippen LogP contribution is 2.14. The Hall–Kier alpha value is -1.05. The van der Waals surface area contributed by atoms with E-state index in [1.54, 1.807) is 0 Å². The minimum atomic E-state index is -0.0406. The molecule has 0 aromatic carbocycles. The summed E-state index contributed by atoms with van der Waals surface area (Å²) in [5.41, 5.74) is 2.72. The quantitative estimate of drug-likeness (QED) is 0.342. The zero-order valence-corrected chi connectivity index (χ0v) is 15.6. The predicted molar refractivity (Wildman–Crippen MR) is 95.9 cm³/mol. The molecule has 0 aliphatic carbocycles. The van der Waals surface area contributed by atoms with Crippen LogP contribution in [0.25, 0.3) is 0 Å². The number of carbonyl (C=O) groups excluding carboxylic acids is 1. The maximum Gasteiger partial charge on any atom is 0.306 e. The van der Waals surface area contributed by atoms with Gasteiger partial charge in [-0.05, 0) is 71.6 Å². The van der Waals surface area contributed by atoms with Gasteiger partial charge in [0, 0.05) is 6.42 Å². The molecule has 0 aromatic rings. The second kappa shape index (κ2) is 12.5. The van der Waals surface area contributed by atoms with E-state index in [-0.39, 0.29) is 5.97 Å². The average molecular weight is 309 g/mol. The van der Waals surface area contributed by atoms with Crippen LogP contribution in [0.5, 0.6) is 0 Å². The third-order valence-corrected chi connectivity index (χ3v) is 3.81. The second-order valence-electron chi connectivity index (χ2n) is 7.14. The third kappa shape index (κ3) is 13.9. The van der Waals surface area contributed by atoms with Crippen LogP contribution < -0.4 is 0 Å². The molecular weight excluding hydrogens is 272 g/mol.